The number of nitrogens with zero attached hydrogens (tertiary/aromatic N) is 4. The Kier molecular flexibility index (Phi) is 4.51. The van der Waals surface area contributed by atoms with Crippen LogP contribution in [0.3, 0.4) is 0 Å². The largest absolute Gasteiger partial charge is 0.464 e. The fourth-order valence-electron chi connectivity index (χ4n) is 1.71. The van der Waals surface area contributed by atoms with E-state index < -0.39 is 0 Å². The topological polar surface area (TPSA) is 80.6 Å². The summed E-state index contributed by atoms with van der Waals surface area (Å²) in [5.74, 6) is 0.404. The monoisotopic (exact) mass is 274 g/mol. The van der Waals surface area contributed by atoms with Gasteiger partial charge in [0.25, 0.3) is 0 Å². The average Bonchev–Trinajstić information content (AvgIpc) is 2.38. The SMILES string of the molecule is CCOc1nc(Cl)nc(N2CCOCC2CO)n1. The van der Waals surface area contributed by atoms with Crippen molar-refractivity contribution in [3.05, 3.63) is 5.28 Å². The van der Waals surface area contributed by atoms with Crippen LogP contribution in [0.1, 0.15) is 6.92 Å². The lowest BCUT2D eigenvalue weighted by atomic mass is 10.2. The molecular weight excluding hydrogens is 260 g/mol. The Bertz CT molecular complexity index is 407. The second-order valence-electron chi connectivity index (χ2n) is 3.72. The lowest BCUT2D eigenvalue weighted by molar-refractivity contribution is 0.0717. The normalized spacial score (nSPS) is 19.9. The number of anilines is 1. The molecule has 18 heavy (non-hydrogen) atoms. The zero-order valence-corrected chi connectivity index (χ0v) is 10.8. The first-order chi connectivity index (χ1) is 8.74. The predicted octanol–water partition coefficient (Wildman–Crippen LogP) is 0.121. The van der Waals surface area contributed by atoms with E-state index in [1.54, 1.807) is 0 Å². The van der Waals surface area contributed by atoms with Crippen molar-refractivity contribution in [3.8, 4) is 6.01 Å². The van der Waals surface area contributed by atoms with E-state index in [0.717, 1.165) is 0 Å². The van der Waals surface area contributed by atoms with Crippen LogP contribution in [0.4, 0.5) is 5.95 Å². The minimum atomic E-state index is -0.174. The van der Waals surface area contributed by atoms with Crippen molar-refractivity contribution in [1.29, 1.82) is 0 Å². The molecule has 0 saturated carbocycles. The number of aromatic nitrogens is 3. The highest BCUT2D eigenvalue weighted by atomic mass is 35.5. The molecule has 1 fully saturated rings. The third-order valence-corrected chi connectivity index (χ3v) is 2.71. The lowest BCUT2D eigenvalue weighted by Crippen LogP contribution is -2.48. The fraction of sp³-hybridized carbons (Fsp3) is 0.700. The summed E-state index contributed by atoms with van der Waals surface area (Å²) in [5.41, 5.74) is 0. The molecule has 1 unspecified atom stereocenters. The molecule has 1 aromatic heterocycles. The van der Waals surface area contributed by atoms with E-state index in [0.29, 0.717) is 32.3 Å². The smallest absolute Gasteiger partial charge is 0.322 e. The summed E-state index contributed by atoms with van der Waals surface area (Å²) in [6, 6.07) is 0.0161. The van der Waals surface area contributed by atoms with E-state index in [9.17, 15) is 5.11 Å². The van der Waals surface area contributed by atoms with E-state index in [1.807, 2.05) is 11.8 Å². The number of hydrogen-bond donors (Lipinski definition) is 1. The summed E-state index contributed by atoms with van der Waals surface area (Å²) in [5, 5.41) is 9.38. The molecule has 1 N–H and O–H groups in total. The number of hydrogen-bond acceptors (Lipinski definition) is 7. The highest BCUT2D eigenvalue weighted by Crippen LogP contribution is 2.19. The Hall–Kier alpha value is -1.18. The highest BCUT2D eigenvalue weighted by molar-refractivity contribution is 6.28. The van der Waals surface area contributed by atoms with Crippen molar-refractivity contribution in [2.75, 3.05) is 37.9 Å². The van der Waals surface area contributed by atoms with Gasteiger partial charge in [-0.2, -0.15) is 15.0 Å². The average molecular weight is 275 g/mol. The van der Waals surface area contributed by atoms with Gasteiger partial charge in [-0.05, 0) is 18.5 Å². The number of aliphatic hydroxyl groups excluding tert-OH is 1. The Morgan fingerprint density at radius 3 is 3.06 bits per heavy atom. The van der Waals surface area contributed by atoms with Crippen molar-refractivity contribution in [2.45, 2.75) is 13.0 Å². The van der Waals surface area contributed by atoms with E-state index >= 15 is 0 Å². The summed E-state index contributed by atoms with van der Waals surface area (Å²) in [7, 11) is 0. The van der Waals surface area contributed by atoms with Gasteiger partial charge in [-0.3, -0.25) is 0 Å². The molecule has 0 aliphatic carbocycles. The molecule has 1 aliphatic rings. The molecule has 1 saturated heterocycles. The van der Waals surface area contributed by atoms with Crippen molar-refractivity contribution in [1.82, 2.24) is 15.0 Å². The van der Waals surface area contributed by atoms with E-state index in [1.165, 1.54) is 0 Å². The van der Waals surface area contributed by atoms with Crippen LogP contribution in [0.15, 0.2) is 0 Å². The number of aliphatic hydroxyl groups is 1. The van der Waals surface area contributed by atoms with Crippen molar-refractivity contribution in [2.24, 2.45) is 0 Å². The molecule has 100 valence electrons. The first-order valence-electron chi connectivity index (χ1n) is 5.74. The summed E-state index contributed by atoms with van der Waals surface area (Å²) in [6.45, 7) is 3.84. The van der Waals surface area contributed by atoms with Gasteiger partial charge in [0.05, 0.1) is 32.5 Å². The molecule has 0 aromatic carbocycles. The van der Waals surface area contributed by atoms with Gasteiger partial charge in [-0.15, -0.1) is 0 Å². The van der Waals surface area contributed by atoms with Gasteiger partial charge in [0, 0.05) is 6.54 Å². The van der Waals surface area contributed by atoms with Crippen LogP contribution in [-0.2, 0) is 4.74 Å². The molecule has 0 amide bonds. The minimum Gasteiger partial charge on any atom is -0.464 e. The number of morpholine rings is 1. The summed E-state index contributed by atoms with van der Waals surface area (Å²) in [4.78, 5) is 14.0. The molecule has 8 heteroatoms. The quantitative estimate of drug-likeness (QED) is 0.835. The van der Waals surface area contributed by atoms with Crippen molar-refractivity contribution < 1.29 is 14.6 Å². The summed E-state index contributed by atoms with van der Waals surface area (Å²) >= 11 is 5.83. The number of rotatable bonds is 4. The maximum absolute atomic E-state index is 9.31. The van der Waals surface area contributed by atoms with Gasteiger partial charge in [0.1, 0.15) is 0 Å². The molecule has 2 rings (SSSR count). The van der Waals surface area contributed by atoms with Gasteiger partial charge in [0.15, 0.2) is 0 Å². The minimum absolute atomic E-state index is 0.0345. The summed E-state index contributed by atoms with van der Waals surface area (Å²) in [6.07, 6.45) is 0. The molecule has 2 heterocycles. The first-order valence-corrected chi connectivity index (χ1v) is 6.12. The lowest BCUT2D eigenvalue weighted by Gasteiger charge is -2.34. The summed E-state index contributed by atoms with van der Waals surface area (Å²) < 4.78 is 10.5. The van der Waals surface area contributed by atoms with Crippen LogP contribution in [0.5, 0.6) is 6.01 Å². The van der Waals surface area contributed by atoms with Crippen LogP contribution in [0.2, 0.25) is 5.28 Å². The van der Waals surface area contributed by atoms with Crippen molar-refractivity contribution in [3.63, 3.8) is 0 Å². The molecule has 0 radical (unpaired) electrons. The zero-order chi connectivity index (χ0) is 13.0. The molecule has 1 atom stereocenters. The van der Waals surface area contributed by atoms with Gasteiger partial charge < -0.3 is 19.5 Å². The van der Waals surface area contributed by atoms with Crippen LogP contribution < -0.4 is 9.64 Å². The van der Waals surface area contributed by atoms with E-state index in [2.05, 4.69) is 15.0 Å². The number of halogens is 1. The Morgan fingerprint density at radius 1 is 1.50 bits per heavy atom. The van der Waals surface area contributed by atoms with E-state index in [-0.39, 0.29) is 23.9 Å². The highest BCUT2D eigenvalue weighted by Gasteiger charge is 2.25. The van der Waals surface area contributed by atoms with Gasteiger partial charge in [-0.25, -0.2) is 0 Å². The fourth-order valence-corrected chi connectivity index (χ4v) is 1.86. The predicted molar refractivity (Wildman–Crippen MR) is 65.0 cm³/mol. The second kappa shape index (κ2) is 6.12. The van der Waals surface area contributed by atoms with Gasteiger partial charge in [-0.1, -0.05) is 0 Å². The number of ether oxygens (including phenoxy) is 2. The Morgan fingerprint density at radius 2 is 2.33 bits per heavy atom. The van der Waals surface area contributed by atoms with Crippen LogP contribution >= 0.6 is 11.6 Å². The van der Waals surface area contributed by atoms with Crippen LogP contribution in [0.25, 0.3) is 0 Å². The first kappa shape index (κ1) is 13.3. The Balaban J connectivity index is 2.24. The second-order valence-corrected chi connectivity index (χ2v) is 4.06. The maximum atomic E-state index is 9.31. The zero-order valence-electron chi connectivity index (χ0n) is 10.0. The standard InChI is InChI=1S/C10H15ClN4O3/c1-2-18-10-13-8(11)12-9(14-10)15-3-4-17-6-7(15)5-16/h7,16H,2-6H2,1H3. The molecule has 0 spiro atoms. The van der Waals surface area contributed by atoms with E-state index in [4.69, 9.17) is 21.1 Å². The van der Waals surface area contributed by atoms with Gasteiger partial charge in [0.2, 0.25) is 11.2 Å². The van der Waals surface area contributed by atoms with Crippen LogP contribution in [-0.4, -0.2) is 59.1 Å². The molecule has 7 nitrogen and oxygen atoms in total. The third kappa shape index (κ3) is 2.98. The molecule has 1 aliphatic heterocycles. The van der Waals surface area contributed by atoms with Gasteiger partial charge >= 0.3 is 6.01 Å². The third-order valence-electron chi connectivity index (χ3n) is 2.54. The molecule has 1 aromatic rings. The Labute approximate surface area is 110 Å². The van der Waals surface area contributed by atoms with Crippen molar-refractivity contribution >= 4 is 17.5 Å². The van der Waals surface area contributed by atoms with Crippen LogP contribution in [0, 0.1) is 0 Å². The maximum Gasteiger partial charge on any atom is 0.322 e. The molecular formula is C10H15ClN4O3. The molecule has 0 bridgehead atoms.